The van der Waals surface area contributed by atoms with E-state index < -0.39 is 5.97 Å². The summed E-state index contributed by atoms with van der Waals surface area (Å²) in [5.74, 6) is -0.251. The Bertz CT molecular complexity index is 1080. The number of methoxy groups -OCH3 is 1. The molecule has 2 N–H and O–H groups in total. The summed E-state index contributed by atoms with van der Waals surface area (Å²) in [5, 5.41) is 14.2. The number of carbonyl (C=O) groups excluding carboxylic acids is 2. The smallest absolute Gasteiger partial charge is 0.342 e. The Kier molecular flexibility index (Phi) is 7.13. The molecule has 3 rings (SSSR count). The third kappa shape index (κ3) is 4.97. The molecule has 0 aromatic heterocycles. The molecule has 0 spiro atoms. The third-order valence-electron chi connectivity index (χ3n) is 5.25. The van der Waals surface area contributed by atoms with Gasteiger partial charge < -0.3 is 19.9 Å². The normalized spacial score (nSPS) is 13.1. The highest BCUT2D eigenvalue weighted by atomic mass is 35.5. The molecule has 0 aliphatic carbocycles. The first-order valence-electron chi connectivity index (χ1n) is 9.71. The van der Waals surface area contributed by atoms with Gasteiger partial charge in [0.2, 0.25) is 5.91 Å². The molecule has 0 radical (unpaired) electrons. The van der Waals surface area contributed by atoms with Crippen molar-refractivity contribution in [2.24, 2.45) is 0 Å². The van der Waals surface area contributed by atoms with Crippen LogP contribution in [0.3, 0.4) is 0 Å². The number of hydrogen-bond donors (Lipinski definition) is 2. The van der Waals surface area contributed by atoms with Crippen LogP contribution in [0.25, 0.3) is 0 Å². The number of halogens is 2. The second-order valence-corrected chi connectivity index (χ2v) is 8.16. The van der Waals surface area contributed by atoms with Gasteiger partial charge >= 0.3 is 5.97 Å². The van der Waals surface area contributed by atoms with E-state index in [4.69, 9.17) is 32.7 Å². The summed E-state index contributed by atoms with van der Waals surface area (Å²) >= 11 is 11.8. The molecule has 31 heavy (non-hydrogen) atoms. The van der Waals surface area contributed by atoms with Crippen LogP contribution in [-0.4, -0.2) is 24.1 Å². The maximum absolute atomic E-state index is 12.2. The summed E-state index contributed by atoms with van der Waals surface area (Å²) < 4.78 is 10.6. The second kappa shape index (κ2) is 9.62. The molecule has 1 amide bonds. The summed E-state index contributed by atoms with van der Waals surface area (Å²) in [6, 6.07) is 4.91. The van der Waals surface area contributed by atoms with E-state index in [1.165, 1.54) is 7.11 Å². The zero-order valence-corrected chi connectivity index (χ0v) is 19.0. The van der Waals surface area contributed by atoms with Gasteiger partial charge in [-0.2, -0.15) is 0 Å². The van der Waals surface area contributed by atoms with Crippen LogP contribution in [0.2, 0.25) is 10.0 Å². The van der Waals surface area contributed by atoms with Crippen molar-refractivity contribution in [1.29, 1.82) is 0 Å². The van der Waals surface area contributed by atoms with Gasteiger partial charge in [0, 0.05) is 23.2 Å². The number of hydrogen-bond acceptors (Lipinski definition) is 5. The average molecular weight is 464 g/mol. The van der Waals surface area contributed by atoms with Crippen molar-refractivity contribution >= 4 is 40.8 Å². The SMILES string of the molecule is COc1c(C)c2c(c(O)c1C/C=C(\C)CCC(=O)Nc1ccc(Cl)c(Cl)c1)C(=O)OC2. The minimum absolute atomic E-state index is 0.110. The number of fused-ring (bicyclic) bond motifs is 1. The van der Waals surface area contributed by atoms with Gasteiger partial charge in [-0.15, -0.1) is 0 Å². The number of ether oxygens (including phenoxy) is 2. The summed E-state index contributed by atoms with van der Waals surface area (Å²) in [5.41, 5.74) is 3.71. The summed E-state index contributed by atoms with van der Waals surface area (Å²) in [7, 11) is 1.53. The average Bonchev–Trinajstić information content (AvgIpc) is 3.12. The number of carbonyl (C=O) groups is 2. The van der Waals surface area contributed by atoms with Gasteiger partial charge in [-0.25, -0.2) is 4.79 Å². The molecule has 2 aromatic carbocycles. The number of rotatable bonds is 7. The number of phenolic OH excluding ortho intramolecular Hbond substituents is 1. The van der Waals surface area contributed by atoms with Crippen molar-refractivity contribution in [3.8, 4) is 11.5 Å². The maximum Gasteiger partial charge on any atom is 0.342 e. The van der Waals surface area contributed by atoms with E-state index in [9.17, 15) is 14.7 Å². The van der Waals surface area contributed by atoms with E-state index in [0.29, 0.717) is 45.5 Å². The Morgan fingerprint density at radius 3 is 2.71 bits per heavy atom. The van der Waals surface area contributed by atoms with E-state index >= 15 is 0 Å². The number of phenols is 1. The third-order valence-corrected chi connectivity index (χ3v) is 5.99. The first kappa shape index (κ1) is 23.0. The monoisotopic (exact) mass is 463 g/mol. The number of anilines is 1. The van der Waals surface area contributed by atoms with Crippen molar-refractivity contribution in [3.63, 3.8) is 0 Å². The van der Waals surface area contributed by atoms with Gasteiger partial charge in [-0.1, -0.05) is 34.9 Å². The molecule has 1 aliphatic rings. The highest BCUT2D eigenvalue weighted by molar-refractivity contribution is 6.42. The van der Waals surface area contributed by atoms with E-state index in [-0.39, 0.29) is 30.2 Å². The van der Waals surface area contributed by atoms with Crippen molar-refractivity contribution in [3.05, 3.63) is 62.1 Å². The highest BCUT2D eigenvalue weighted by Crippen LogP contribution is 2.42. The van der Waals surface area contributed by atoms with E-state index in [2.05, 4.69) is 5.32 Å². The lowest BCUT2D eigenvalue weighted by Crippen LogP contribution is -2.11. The van der Waals surface area contributed by atoms with E-state index in [1.54, 1.807) is 18.2 Å². The van der Waals surface area contributed by atoms with Crippen LogP contribution in [0, 0.1) is 6.92 Å². The molecule has 1 heterocycles. The summed E-state index contributed by atoms with van der Waals surface area (Å²) in [4.78, 5) is 24.2. The highest BCUT2D eigenvalue weighted by Gasteiger charge is 2.31. The topological polar surface area (TPSA) is 84.9 Å². The van der Waals surface area contributed by atoms with Crippen LogP contribution in [0.1, 0.15) is 46.8 Å². The molecule has 0 saturated carbocycles. The molecular weight excluding hydrogens is 441 g/mol. The number of nitrogens with one attached hydrogen (secondary N) is 1. The van der Waals surface area contributed by atoms with E-state index in [0.717, 1.165) is 11.1 Å². The molecule has 164 valence electrons. The molecule has 0 fully saturated rings. The first-order valence-corrected chi connectivity index (χ1v) is 10.5. The van der Waals surface area contributed by atoms with Crippen LogP contribution >= 0.6 is 23.2 Å². The number of aromatic hydroxyl groups is 1. The molecule has 2 aromatic rings. The molecular formula is C23H23Cl2NO5. The van der Waals surface area contributed by atoms with Crippen molar-refractivity contribution < 1.29 is 24.2 Å². The quantitative estimate of drug-likeness (QED) is 0.412. The fourth-order valence-corrected chi connectivity index (χ4v) is 3.81. The zero-order chi connectivity index (χ0) is 22.7. The Hall–Kier alpha value is -2.70. The first-order chi connectivity index (χ1) is 14.7. The largest absolute Gasteiger partial charge is 0.507 e. The minimum Gasteiger partial charge on any atom is -0.507 e. The number of benzene rings is 2. The molecule has 0 bridgehead atoms. The van der Waals surface area contributed by atoms with Crippen molar-refractivity contribution in [2.45, 2.75) is 39.7 Å². The van der Waals surface area contributed by atoms with Gasteiger partial charge in [-0.05, 0) is 50.5 Å². The Morgan fingerprint density at radius 1 is 1.29 bits per heavy atom. The number of amides is 1. The van der Waals surface area contributed by atoms with Gasteiger partial charge in [0.25, 0.3) is 0 Å². The minimum atomic E-state index is -0.529. The fourth-order valence-electron chi connectivity index (χ4n) is 3.51. The number of esters is 1. The van der Waals surface area contributed by atoms with Crippen LogP contribution in [0.15, 0.2) is 29.8 Å². The number of cyclic esters (lactones) is 1. The summed E-state index contributed by atoms with van der Waals surface area (Å²) in [6.07, 6.45) is 3.08. The van der Waals surface area contributed by atoms with Crippen LogP contribution in [0.4, 0.5) is 5.69 Å². The predicted molar refractivity (Wildman–Crippen MR) is 120 cm³/mol. The zero-order valence-electron chi connectivity index (χ0n) is 17.5. The molecule has 0 atom stereocenters. The molecule has 8 heteroatoms. The lowest BCUT2D eigenvalue weighted by Gasteiger charge is -2.15. The Labute approximate surface area is 190 Å². The fraction of sp³-hybridized carbons (Fsp3) is 0.304. The van der Waals surface area contributed by atoms with E-state index in [1.807, 2.05) is 19.9 Å². The molecule has 0 saturated heterocycles. The van der Waals surface area contributed by atoms with Crippen molar-refractivity contribution in [1.82, 2.24) is 0 Å². The second-order valence-electron chi connectivity index (χ2n) is 7.35. The van der Waals surface area contributed by atoms with Crippen LogP contribution in [0.5, 0.6) is 11.5 Å². The van der Waals surface area contributed by atoms with Gasteiger partial charge in [0.1, 0.15) is 23.7 Å². The predicted octanol–water partition coefficient (Wildman–Crippen LogP) is 5.59. The Balaban J connectivity index is 1.67. The number of allylic oxidation sites excluding steroid dienone is 2. The Morgan fingerprint density at radius 2 is 2.03 bits per heavy atom. The molecule has 6 nitrogen and oxygen atoms in total. The van der Waals surface area contributed by atoms with Crippen LogP contribution in [-0.2, 0) is 22.6 Å². The van der Waals surface area contributed by atoms with Gasteiger partial charge in [0.15, 0.2) is 0 Å². The standard InChI is InChI=1S/C23H23Cl2NO5/c1-12(5-9-19(27)26-14-6-8-17(24)18(25)10-14)4-7-15-21(28)20-16(11-31-23(20)29)13(2)22(15)30-3/h4,6,8,10,28H,5,7,9,11H2,1-3H3,(H,26,27)/b12-4+. The van der Waals surface area contributed by atoms with Gasteiger partial charge in [0.05, 0.1) is 17.2 Å². The van der Waals surface area contributed by atoms with Crippen molar-refractivity contribution in [2.75, 3.05) is 12.4 Å². The molecule has 0 unspecified atom stereocenters. The maximum atomic E-state index is 12.2. The lowest BCUT2D eigenvalue weighted by atomic mass is 9.94. The molecule has 1 aliphatic heterocycles. The van der Waals surface area contributed by atoms with Crippen LogP contribution < -0.4 is 10.1 Å². The summed E-state index contributed by atoms with van der Waals surface area (Å²) in [6.45, 7) is 3.88. The van der Waals surface area contributed by atoms with Gasteiger partial charge in [-0.3, -0.25) is 4.79 Å². The lowest BCUT2D eigenvalue weighted by molar-refractivity contribution is -0.116.